The summed E-state index contributed by atoms with van der Waals surface area (Å²) in [6.07, 6.45) is 0.363. The summed E-state index contributed by atoms with van der Waals surface area (Å²) in [6.45, 7) is 5.51. The number of hydrogen-bond donors (Lipinski definition) is 1. The summed E-state index contributed by atoms with van der Waals surface area (Å²) >= 11 is 0. The molecule has 1 aromatic carbocycles. The molecule has 0 unspecified atom stereocenters. The molecule has 18 heavy (non-hydrogen) atoms. The minimum absolute atomic E-state index is 0.209. The van der Waals surface area contributed by atoms with Gasteiger partial charge in [-0.2, -0.15) is 0 Å². The standard InChI is InChI=1S/C14H21NO3/c1-11(2)10-18-13-6-4-12(5-7-13)15-9-8-14(16)17-3/h4-7,11,15H,8-10H2,1-3H3. The highest BCUT2D eigenvalue weighted by Gasteiger charge is 2.00. The van der Waals surface area contributed by atoms with Crippen molar-refractivity contribution in [1.29, 1.82) is 0 Å². The zero-order valence-corrected chi connectivity index (χ0v) is 11.2. The van der Waals surface area contributed by atoms with E-state index in [1.165, 1.54) is 7.11 Å². The van der Waals surface area contributed by atoms with E-state index in [4.69, 9.17) is 4.74 Å². The third-order valence-electron chi connectivity index (χ3n) is 2.32. The molecular formula is C14H21NO3. The lowest BCUT2D eigenvalue weighted by molar-refractivity contribution is -0.140. The molecule has 0 aliphatic rings. The summed E-state index contributed by atoms with van der Waals surface area (Å²) in [6, 6.07) is 7.71. The molecular weight excluding hydrogens is 230 g/mol. The molecule has 4 nitrogen and oxygen atoms in total. The van der Waals surface area contributed by atoms with E-state index in [0.717, 1.165) is 18.0 Å². The maximum atomic E-state index is 10.9. The first kappa shape index (κ1) is 14.4. The lowest BCUT2D eigenvalue weighted by atomic mass is 10.2. The lowest BCUT2D eigenvalue weighted by Gasteiger charge is -2.10. The molecule has 1 rings (SSSR count). The predicted octanol–water partition coefficient (Wildman–Crippen LogP) is 2.70. The van der Waals surface area contributed by atoms with Gasteiger partial charge >= 0.3 is 5.97 Å². The van der Waals surface area contributed by atoms with Gasteiger partial charge in [0.05, 0.1) is 20.1 Å². The Kier molecular flexibility index (Phi) is 6.05. The normalized spacial score (nSPS) is 10.2. The molecule has 0 aliphatic carbocycles. The number of carbonyl (C=O) groups excluding carboxylic acids is 1. The van der Waals surface area contributed by atoms with Crippen molar-refractivity contribution in [2.24, 2.45) is 5.92 Å². The molecule has 1 aromatic rings. The second-order valence-electron chi connectivity index (χ2n) is 4.48. The Morgan fingerprint density at radius 2 is 1.94 bits per heavy atom. The molecule has 0 radical (unpaired) electrons. The largest absolute Gasteiger partial charge is 0.493 e. The molecule has 0 atom stereocenters. The van der Waals surface area contributed by atoms with Crippen molar-refractivity contribution in [2.75, 3.05) is 25.6 Å². The Bertz CT molecular complexity index is 360. The van der Waals surface area contributed by atoms with E-state index in [1.807, 2.05) is 24.3 Å². The van der Waals surface area contributed by atoms with Crippen molar-refractivity contribution in [3.05, 3.63) is 24.3 Å². The van der Waals surface area contributed by atoms with Gasteiger partial charge in [0.15, 0.2) is 0 Å². The van der Waals surface area contributed by atoms with Crippen LogP contribution >= 0.6 is 0 Å². The Hall–Kier alpha value is -1.71. The minimum atomic E-state index is -0.209. The highest BCUT2D eigenvalue weighted by Crippen LogP contribution is 2.16. The van der Waals surface area contributed by atoms with Crippen LogP contribution in [0.1, 0.15) is 20.3 Å². The minimum Gasteiger partial charge on any atom is -0.493 e. The van der Waals surface area contributed by atoms with Gasteiger partial charge < -0.3 is 14.8 Å². The fraction of sp³-hybridized carbons (Fsp3) is 0.500. The van der Waals surface area contributed by atoms with Crippen LogP contribution in [0, 0.1) is 5.92 Å². The molecule has 0 fully saturated rings. The van der Waals surface area contributed by atoms with Gasteiger partial charge in [0.2, 0.25) is 0 Å². The molecule has 0 amide bonds. The summed E-state index contributed by atoms with van der Waals surface area (Å²) in [5.41, 5.74) is 0.968. The van der Waals surface area contributed by atoms with Gasteiger partial charge in [-0.25, -0.2) is 0 Å². The molecule has 0 saturated carbocycles. The monoisotopic (exact) mass is 251 g/mol. The Morgan fingerprint density at radius 1 is 1.28 bits per heavy atom. The first-order valence-corrected chi connectivity index (χ1v) is 6.15. The maximum Gasteiger partial charge on any atom is 0.307 e. The van der Waals surface area contributed by atoms with E-state index >= 15 is 0 Å². The van der Waals surface area contributed by atoms with Crippen LogP contribution in [-0.4, -0.2) is 26.2 Å². The molecule has 100 valence electrons. The van der Waals surface area contributed by atoms with Crippen molar-refractivity contribution in [1.82, 2.24) is 0 Å². The van der Waals surface area contributed by atoms with E-state index in [9.17, 15) is 4.79 Å². The van der Waals surface area contributed by atoms with Crippen molar-refractivity contribution in [3.63, 3.8) is 0 Å². The zero-order valence-electron chi connectivity index (χ0n) is 11.2. The SMILES string of the molecule is COC(=O)CCNc1ccc(OCC(C)C)cc1. The zero-order chi connectivity index (χ0) is 13.4. The second-order valence-corrected chi connectivity index (χ2v) is 4.48. The van der Waals surface area contributed by atoms with Gasteiger partial charge in [-0.15, -0.1) is 0 Å². The quantitative estimate of drug-likeness (QED) is 0.757. The third-order valence-corrected chi connectivity index (χ3v) is 2.32. The molecule has 0 aliphatic heterocycles. The molecule has 1 N–H and O–H groups in total. The fourth-order valence-corrected chi connectivity index (χ4v) is 1.34. The lowest BCUT2D eigenvalue weighted by Crippen LogP contribution is -2.09. The highest BCUT2D eigenvalue weighted by molar-refractivity contribution is 5.69. The summed E-state index contributed by atoms with van der Waals surface area (Å²) in [7, 11) is 1.39. The van der Waals surface area contributed by atoms with Gasteiger partial charge in [0, 0.05) is 12.2 Å². The number of nitrogens with one attached hydrogen (secondary N) is 1. The van der Waals surface area contributed by atoms with Crippen molar-refractivity contribution in [3.8, 4) is 5.75 Å². The topological polar surface area (TPSA) is 47.6 Å². The van der Waals surface area contributed by atoms with Crippen LogP contribution < -0.4 is 10.1 Å². The number of hydrogen-bond acceptors (Lipinski definition) is 4. The number of benzene rings is 1. The van der Waals surface area contributed by atoms with Gasteiger partial charge in [-0.05, 0) is 30.2 Å². The third kappa shape index (κ3) is 5.57. The van der Waals surface area contributed by atoms with Crippen LogP contribution in [0.3, 0.4) is 0 Å². The highest BCUT2D eigenvalue weighted by atomic mass is 16.5. The molecule has 0 aromatic heterocycles. The second kappa shape index (κ2) is 7.58. The Morgan fingerprint density at radius 3 is 2.50 bits per heavy atom. The number of carbonyl (C=O) groups is 1. The van der Waals surface area contributed by atoms with E-state index in [-0.39, 0.29) is 5.97 Å². The summed E-state index contributed by atoms with van der Waals surface area (Å²) in [5.74, 6) is 1.17. The number of anilines is 1. The molecule has 0 spiro atoms. The summed E-state index contributed by atoms with van der Waals surface area (Å²) in [4.78, 5) is 10.9. The van der Waals surface area contributed by atoms with Gasteiger partial charge in [0.1, 0.15) is 5.75 Å². The number of methoxy groups -OCH3 is 1. The number of rotatable bonds is 7. The van der Waals surface area contributed by atoms with E-state index in [2.05, 4.69) is 23.9 Å². The Balaban J connectivity index is 2.33. The van der Waals surface area contributed by atoms with Crippen molar-refractivity contribution in [2.45, 2.75) is 20.3 Å². The van der Waals surface area contributed by atoms with Crippen LogP contribution in [0.4, 0.5) is 5.69 Å². The van der Waals surface area contributed by atoms with Gasteiger partial charge in [-0.3, -0.25) is 4.79 Å². The number of ether oxygens (including phenoxy) is 2. The number of esters is 1. The van der Waals surface area contributed by atoms with Crippen LogP contribution in [0.15, 0.2) is 24.3 Å². The Labute approximate surface area is 108 Å². The van der Waals surface area contributed by atoms with Gasteiger partial charge in [0.25, 0.3) is 0 Å². The summed E-state index contributed by atoms with van der Waals surface area (Å²) < 4.78 is 10.1. The molecule has 0 bridgehead atoms. The molecule has 0 saturated heterocycles. The summed E-state index contributed by atoms with van der Waals surface area (Å²) in [5, 5.41) is 3.15. The van der Waals surface area contributed by atoms with Crippen molar-refractivity contribution < 1.29 is 14.3 Å². The van der Waals surface area contributed by atoms with Crippen LogP contribution in [0.25, 0.3) is 0 Å². The van der Waals surface area contributed by atoms with Gasteiger partial charge in [-0.1, -0.05) is 13.8 Å². The van der Waals surface area contributed by atoms with E-state index < -0.39 is 0 Å². The predicted molar refractivity (Wildman–Crippen MR) is 71.9 cm³/mol. The average Bonchev–Trinajstić information content (AvgIpc) is 2.37. The van der Waals surface area contributed by atoms with Crippen LogP contribution in [0.5, 0.6) is 5.75 Å². The first-order chi connectivity index (χ1) is 8.61. The van der Waals surface area contributed by atoms with Crippen LogP contribution in [-0.2, 0) is 9.53 Å². The smallest absolute Gasteiger partial charge is 0.307 e. The van der Waals surface area contributed by atoms with E-state index in [0.29, 0.717) is 18.9 Å². The first-order valence-electron chi connectivity index (χ1n) is 6.15. The average molecular weight is 251 g/mol. The molecule has 4 heteroatoms. The maximum absolute atomic E-state index is 10.9. The van der Waals surface area contributed by atoms with E-state index in [1.54, 1.807) is 0 Å². The fourth-order valence-electron chi connectivity index (χ4n) is 1.34. The molecule has 0 heterocycles. The van der Waals surface area contributed by atoms with Crippen LogP contribution in [0.2, 0.25) is 0 Å². The van der Waals surface area contributed by atoms with Crippen molar-refractivity contribution >= 4 is 11.7 Å².